The summed E-state index contributed by atoms with van der Waals surface area (Å²) in [6.07, 6.45) is 3.25. The van der Waals surface area contributed by atoms with Crippen LogP contribution in [0.5, 0.6) is 11.5 Å². The van der Waals surface area contributed by atoms with Crippen LogP contribution in [0.1, 0.15) is 30.0 Å². The van der Waals surface area contributed by atoms with Crippen LogP contribution in [0.25, 0.3) is 6.08 Å². The predicted octanol–water partition coefficient (Wildman–Crippen LogP) is 3.84. The molecule has 1 aliphatic rings. The summed E-state index contributed by atoms with van der Waals surface area (Å²) in [5.74, 6) is 1.24. The van der Waals surface area contributed by atoms with E-state index in [1.807, 2.05) is 48.5 Å². The standard InChI is InChI=1S/C20H23NO4S/c1-24-19-11-10-17(15-20(19)25-2)18-9-6-13-21(18)26(22,23)14-12-16-7-4-3-5-8-16/h3-5,7-8,10-12,14-15,18H,6,9,13H2,1-2H3/b14-12+. The molecule has 5 nitrogen and oxygen atoms in total. The highest BCUT2D eigenvalue weighted by Crippen LogP contribution is 2.38. The maximum Gasteiger partial charge on any atom is 0.236 e. The van der Waals surface area contributed by atoms with Crippen LogP contribution >= 0.6 is 0 Å². The Kier molecular flexibility index (Phi) is 5.64. The van der Waals surface area contributed by atoms with E-state index < -0.39 is 10.0 Å². The Morgan fingerprint density at radius 3 is 2.46 bits per heavy atom. The van der Waals surface area contributed by atoms with Gasteiger partial charge in [0.2, 0.25) is 10.0 Å². The maximum atomic E-state index is 12.9. The van der Waals surface area contributed by atoms with Gasteiger partial charge >= 0.3 is 0 Å². The van der Waals surface area contributed by atoms with Gasteiger partial charge in [-0.15, -0.1) is 0 Å². The van der Waals surface area contributed by atoms with E-state index in [0.717, 1.165) is 24.0 Å². The molecule has 1 atom stereocenters. The molecule has 1 heterocycles. The second kappa shape index (κ2) is 7.93. The van der Waals surface area contributed by atoms with Crippen molar-refractivity contribution in [2.75, 3.05) is 20.8 Å². The van der Waals surface area contributed by atoms with Gasteiger partial charge in [0.25, 0.3) is 0 Å². The van der Waals surface area contributed by atoms with Gasteiger partial charge in [0, 0.05) is 12.0 Å². The zero-order valence-corrected chi connectivity index (χ0v) is 15.8. The first-order valence-electron chi connectivity index (χ1n) is 8.52. The lowest BCUT2D eigenvalue weighted by molar-refractivity contribution is 0.351. The van der Waals surface area contributed by atoms with Crippen LogP contribution in [0.4, 0.5) is 0 Å². The van der Waals surface area contributed by atoms with E-state index in [1.54, 1.807) is 24.6 Å². The van der Waals surface area contributed by atoms with Gasteiger partial charge in [-0.05, 0) is 42.2 Å². The Hall–Kier alpha value is -2.31. The van der Waals surface area contributed by atoms with E-state index in [2.05, 4.69) is 0 Å². The Bertz CT molecular complexity index is 878. The molecule has 0 amide bonds. The van der Waals surface area contributed by atoms with Crippen LogP contribution < -0.4 is 9.47 Å². The molecule has 0 bridgehead atoms. The molecule has 3 rings (SSSR count). The Balaban J connectivity index is 1.87. The van der Waals surface area contributed by atoms with Crippen LogP contribution in [-0.4, -0.2) is 33.5 Å². The summed E-state index contributed by atoms with van der Waals surface area (Å²) in [5, 5.41) is 1.29. The zero-order chi connectivity index (χ0) is 18.6. The van der Waals surface area contributed by atoms with E-state index in [4.69, 9.17) is 9.47 Å². The lowest BCUT2D eigenvalue weighted by Gasteiger charge is -2.23. The molecule has 1 aliphatic heterocycles. The lowest BCUT2D eigenvalue weighted by Crippen LogP contribution is -2.28. The summed E-state index contributed by atoms with van der Waals surface area (Å²) in [6, 6.07) is 14.8. The highest BCUT2D eigenvalue weighted by molar-refractivity contribution is 7.92. The number of ether oxygens (including phenoxy) is 2. The lowest BCUT2D eigenvalue weighted by atomic mass is 10.0. The summed E-state index contributed by atoms with van der Waals surface area (Å²) < 4.78 is 37.9. The van der Waals surface area contributed by atoms with E-state index in [9.17, 15) is 8.42 Å². The third-order valence-corrected chi connectivity index (χ3v) is 6.13. The molecule has 1 fully saturated rings. The molecular formula is C20H23NO4S. The minimum absolute atomic E-state index is 0.194. The smallest absolute Gasteiger partial charge is 0.236 e. The van der Waals surface area contributed by atoms with Crippen molar-refractivity contribution in [1.82, 2.24) is 4.31 Å². The van der Waals surface area contributed by atoms with Crippen molar-refractivity contribution in [1.29, 1.82) is 0 Å². The van der Waals surface area contributed by atoms with Crippen molar-refractivity contribution in [2.45, 2.75) is 18.9 Å². The van der Waals surface area contributed by atoms with E-state index in [-0.39, 0.29) is 6.04 Å². The average Bonchev–Trinajstić information content (AvgIpc) is 3.17. The number of sulfonamides is 1. The van der Waals surface area contributed by atoms with E-state index in [1.165, 1.54) is 5.41 Å². The molecule has 138 valence electrons. The quantitative estimate of drug-likeness (QED) is 0.772. The highest BCUT2D eigenvalue weighted by Gasteiger charge is 2.34. The average molecular weight is 373 g/mol. The van der Waals surface area contributed by atoms with E-state index >= 15 is 0 Å². The molecule has 0 radical (unpaired) electrons. The number of benzene rings is 2. The van der Waals surface area contributed by atoms with Gasteiger partial charge in [-0.3, -0.25) is 0 Å². The summed E-state index contributed by atoms with van der Waals surface area (Å²) in [6.45, 7) is 0.514. The fraction of sp³-hybridized carbons (Fsp3) is 0.300. The monoisotopic (exact) mass is 373 g/mol. The second-order valence-corrected chi connectivity index (χ2v) is 7.91. The van der Waals surface area contributed by atoms with Crippen molar-refractivity contribution in [3.63, 3.8) is 0 Å². The number of hydrogen-bond donors (Lipinski definition) is 0. The van der Waals surface area contributed by atoms with Crippen LogP contribution in [0.2, 0.25) is 0 Å². The third-order valence-electron chi connectivity index (χ3n) is 4.55. The molecule has 2 aromatic rings. The molecular weight excluding hydrogens is 350 g/mol. The Morgan fingerprint density at radius 1 is 1.04 bits per heavy atom. The minimum atomic E-state index is -3.51. The molecule has 0 aromatic heterocycles. The molecule has 0 saturated carbocycles. The first-order valence-corrected chi connectivity index (χ1v) is 10.0. The largest absolute Gasteiger partial charge is 0.493 e. The molecule has 6 heteroatoms. The summed E-state index contributed by atoms with van der Waals surface area (Å²) in [4.78, 5) is 0. The topological polar surface area (TPSA) is 55.8 Å². The van der Waals surface area contributed by atoms with E-state index in [0.29, 0.717) is 18.0 Å². The van der Waals surface area contributed by atoms with Crippen molar-refractivity contribution in [3.8, 4) is 11.5 Å². The predicted molar refractivity (Wildman–Crippen MR) is 103 cm³/mol. The van der Waals surface area contributed by atoms with Gasteiger partial charge in [0.1, 0.15) is 0 Å². The number of rotatable bonds is 6. The van der Waals surface area contributed by atoms with Gasteiger partial charge in [0.05, 0.1) is 20.3 Å². The molecule has 1 unspecified atom stereocenters. The van der Waals surface area contributed by atoms with Crippen LogP contribution in [0.3, 0.4) is 0 Å². The number of hydrogen-bond acceptors (Lipinski definition) is 4. The number of methoxy groups -OCH3 is 2. The van der Waals surface area contributed by atoms with Crippen molar-refractivity contribution < 1.29 is 17.9 Å². The Morgan fingerprint density at radius 2 is 1.77 bits per heavy atom. The fourth-order valence-electron chi connectivity index (χ4n) is 3.24. The molecule has 26 heavy (non-hydrogen) atoms. The van der Waals surface area contributed by atoms with Gasteiger partial charge in [-0.1, -0.05) is 36.4 Å². The summed E-state index contributed by atoms with van der Waals surface area (Å²) in [7, 11) is -0.352. The van der Waals surface area contributed by atoms with Crippen LogP contribution in [0, 0.1) is 0 Å². The zero-order valence-electron chi connectivity index (χ0n) is 15.0. The van der Waals surface area contributed by atoms with Gasteiger partial charge < -0.3 is 9.47 Å². The molecule has 0 spiro atoms. The number of nitrogens with zero attached hydrogens (tertiary/aromatic N) is 1. The maximum absolute atomic E-state index is 12.9. The fourth-order valence-corrected chi connectivity index (χ4v) is 4.70. The van der Waals surface area contributed by atoms with Crippen molar-refractivity contribution >= 4 is 16.1 Å². The molecule has 0 N–H and O–H groups in total. The minimum Gasteiger partial charge on any atom is -0.493 e. The second-order valence-electron chi connectivity index (χ2n) is 6.14. The Labute approximate surface area is 154 Å². The first-order chi connectivity index (χ1) is 12.5. The highest BCUT2D eigenvalue weighted by atomic mass is 32.2. The molecule has 1 saturated heterocycles. The van der Waals surface area contributed by atoms with Crippen molar-refractivity contribution in [2.24, 2.45) is 0 Å². The normalized spacial score (nSPS) is 18.3. The van der Waals surface area contributed by atoms with Gasteiger partial charge in [-0.25, -0.2) is 8.42 Å². The van der Waals surface area contributed by atoms with Gasteiger partial charge in [0.15, 0.2) is 11.5 Å². The van der Waals surface area contributed by atoms with Crippen LogP contribution in [0.15, 0.2) is 53.9 Å². The van der Waals surface area contributed by atoms with Crippen LogP contribution in [-0.2, 0) is 10.0 Å². The summed E-state index contributed by atoms with van der Waals surface area (Å²) in [5.41, 5.74) is 1.77. The SMILES string of the molecule is COc1ccc(C2CCCN2S(=O)(=O)/C=C/c2ccccc2)cc1OC. The van der Waals surface area contributed by atoms with Gasteiger partial charge in [-0.2, -0.15) is 4.31 Å². The first kappa shape index (κ1) is 18.5. The molecule has 0 aliphatic carbocycles. The molecule has 2 aromatic carbocycles. The summed E-state index contributed by atoms with van der Waals surface area (Å²) >= 11 is 0. The van der Waals surface area contributed by atoms with Crippen molar-refractivity contribution in [3.05, 3.63) is 65.1 Å². The third kappa shape index (κ3) is 3.92.